The summed E-state index contributed by atoms with van der Waals surface area (Å²) in [5.74, 6) is -1.16. The van der Waals surface area contributed by atoms with Crippen LogP contribution in [-0.4, -0.2) is 53.4 Å². The number of benzene rings is 2. The molecule has 2 aromatic carbocycles. The molecule has 1 unspecified atom stereocenters. The maximum Gasteiger partial charge on any atom is 0.337 e. The van der Waals surface area contributed by atoms with Gasteiger partial charge in [-0.3, -0.25) is 9.59 Å². The fraction of sp³-hybridized carbons (Fsp3) is 0.407. The van der Waals surface area contributed by atoms with Gasteiger partial charge in [0.05, 0.1) is 19.2 Å². The van der Waals surface area contributed by atoms with Gasteiger partial charge in [0.25, 0.3) is 0 Å². The van der Waals surface area contributed by atoms with E-state index in [-0.39, 0.29) is 30.6 Å². The number of amidine groups is 1. The second-order valence-corrected chi connectivity index (χ2v) is 9.01. The van der Waals surface area contributed by atoms with E-state index >= 15 is 0 Å². The number of methoxy groups -OCH3 is 1. The predicted octanol–water partition coefficient (Wildman–Crippen LogP) is 3.81. The Bertz CT molecular complexity index is 1020. The van der Waals surface area contributed by atoms with Crippen LogP contribution >= 0.6 is 0 Å². The summed E-state index contributed by atoms with van der Waals surface area (Å²) < 4.78 is 4.70. The third-order valence-electron chi connectivity index (χ3n) is 5.68. The summed E-state index contributed by atoms with van der Waals surface area (Å²) in [6.45, 7) is 3.75. The summed E-state index contributed by atoms with van der Waals surface area (Å²) in [6.07, 6.45) is 2.94. The number of ether oxygens (including phenoxy) is 1. The lowest BCUT2D eigenvalue weighted by Crippen LogP contribution is -2.51. The molecule has 4 N–H and O–H groups in total. The van der Waals surface area contributed by atoms with Gasteiger partial charge in [-0.2, -0.15) is 0 Å². The molecule has 0 fully saturated rings. The van der Waals surface area contributed by atoms with E-state index in [1.54, 1.807) is 24.3 Å². The Balaban J connectivity index is 2.13. The first-order valence-electron chi connectivity index (χ1n) is 12.0. The highest BCUT2D eigenvalue weighted by Crippen LogP contribution is 2.18. The molecular formula is C27H36N4O5. The van der Waals surface area contributed by atoms with Gasteiger partial charge in [-0.05, 0) is 61.4 Å². The van der Waals surface area contributed by atoms with E-state index in [9.17, 15) is 14.4 Å². The molecule has 0 saturated heterocycles. The average Bonchev–Trinajstić information content (AvgIpc) is 2.88. The van der Waals surface area contributed by atoms with Crippen molar-refractivity contribution in [3.8, 4) is 0 Å². The molecule has 0 bridgehead atoms. The smallest absolute Gasteiger partial charge is 0.337 e. The topological polar surface area (TPSA) is 134 Å². The molecule has 0 aliphatic carbocycles. The first-order valence-corrected chi connectivity index (χ1v) is 12.0. The number of rotatable bonds is 13. The number of unbranched alkanes of at least 4 members (excludes halogenated alkanes) is 1. The zero-order valence-corrected chi connectivity index (χ0v) is 21.1. The van der Waals surface area contributed by atoms with E-state index in [2.05, 4.69) is 10.5 Å². The Morgan fingerprint density at radius 3 is 2.31 bits per heavy atom. The van der Waals surface area contributed by atoms with Crippen molar-refractivity contribution >= 4 is 29.3 Å². The molecule has 2 rings (SSSR count). The van der Waals surface area contributed by atoms with Gasteiger partial charge in [0, 0.05) is 12.1 Å². The van der Waals surface area contributed by atoms with E-state index in [0.717, 1.165) is 12.8 Å². The van der Waals surface area contributed by atoms with Crippen molar-refractivity contribution in [1.82, 2.24) is 4.90 Å². The maximum atomic E-state index is 13.3. The second-order valence-electron chi connectivity index (χ2n) is 9.01. The number of nitrogens with two attached hydrogens (primary N) is 1. The van der Waals surface area contributed by atoms with Crippen molar-refractivity contribution in [2.45, 2.75) is 52.0 Å². The van der Waals surface area contributed by atoms with Gasteiger partial charge in [0.2, 0.25) is 11.8 Å². The molecule has 36 heavy (non-hydrogen) atoms. The number of carbonyl (C=O) groups excluding carboxylic acids is 3. The summed E-state index contributed by atoms with van der Waals surface area (Å²) in [7, 11) is 1.29. The molecule has 0 radical (unpaired) electrons. The van der Waals surface area contributed by atoms with E-state index in [4.69, 9.17) is 15.7 Å². The van der Waals surface area contributed by atoms with Crippen LogP contribution in [0.1, 0.15) is 55.5 Å². The monoisotopic (exact) mass is 496 g/mol. The number of aryl methyl sites for hydroxylation is 1. The van der Waals surface area contributed by atoms with Crippen LogP contribution in [0.25, 0.3) is 0 Å². The first-order chi connectivity index (χ1) is 17.2. The quantitative estimate of drug-likeness (QED) is 0.0964. The van der Waals surface area contributed by atoms with Gasteiger partial charge >= 0.3 is 5.97 Å². The van der Waals surface area contributed by atoms with Crippen LogP contribution in [-0.2, 0) is 20.7 Å². The fourth-order valence-electron chi connectivity index (χ4n) is 3.83. The van der Waals surface area contributed by atoms with Crippen LogP contribution in [0.15, 0.2) is 59.8 Å². The number of amides is 2. The van der Waals surface area contributed by atoms with Crippen LogP contribution in [0.4, 0.5) is 5.69 Å². The Morgan fingerprint density at radius 2 is 1.72 bits per heavy atom. The van der Waals surface area contributed by atoms with Crippen molar-refractivity contribution in [1.29, 1.82) is 0 Å². The summed E-state index contributed by atoms with van der Waals surface area (Å²) in [6, 6.07) is 15.5. The number of esters is 1. The molecule has 0 aliphatic rings. The third-order valence-corrected chi connectivity index (χ3v) is 5.68. The first kappa shape index (κ1) is 28.4. The van der Waals surface area contributed by atoms with Crippen LogP contribution in [0.3, 0.4) is 0 Å². The van der Waals surface area contributed by atoms with Crippen LogP contribution < -0.4 is 11.1 Å². The van der Waals surface area contributed by atoms with Crippen molar-refractivity contribution in [3.63, 3.8) is 0 Å². The van der Waals surface area contributed by atoms with E-state index < -0.39 is 17.9 Å². The summed E-state index contributed by atoms with van der Waals surface area (Å²) in [5.41, 5.74) is 7.78. The molecule has 0 saturated carbocycles. The number of anilines is 1. The van der Waals surface area contributed by atoms with Gasteiger partial charge in [0.1, 0.15) is 6.04 Å². The van der Waals surface area contributed by atoms with Crippen molar-refractivity contribution in [2.24, 2.45) is 16.8 Å². The molecule has 9 heteroatoms. The number of nitrogens with one attached hydrogen (secondary N) is 1. The minimum Gasteiger partial charge on any atom is -0.465 e. The molecule has 0 heterocycles. The van der Waals surface area contributed by atoms with E-state index in [0.29, 0.717) is 24.1 Å². The van der Waals surface area contributed by atoms with E-state index in [1.165, 1.54) is 17.6 Å². The van der Waals surface area contributed by atoms with Crippen LogP contribution in [0, 0.1) is 5.92 Å². The lowest BCUT2D eigenvalue weighted by molar-refractivity contribution is -0.138. The molecule has 0 spiro atoms. The highest BCUT2D eigenvalue weighted by Gasteiger charge is 2.31. The van der Waals surface area contributed by atoms with Gasteiger partial charge in [0.15, 0.2) is 5.84 Å². The molecule has 2 aromatic rings. The average molecular weight is 497 g/mol. The zero-order valence-electron chi connectivity index (χ0n) is 21.1. The molecular weight excluding hydrogens is 460 g/mol. The molecule has 0 aromatic heterocycles. The summed E-state index contributed by atoms with van der Waals surface area (Å²) in [5, 5.41) is 15.0. The summed E-state index contributed by atoms with van der Waals surface area (Å²) >= 11 is 0. The van der Waals surface area contributed by atoms with Crippen LogP contribution in [0.5, 0.6) is 0 Å². The number of hydrogen-bond donors (Lipinski definition) is 3. The van der Waals surface area contributed by atoms with Gasteiger partial charge in [-0.1, -0.05) is 49.3 Å². The predicted molar refractivity (Wildman–Crippen MR) is 139 cm³/mol. The SMILES string of the molecule is COC(=O)c1ccc(NC(=O)C(CC(C)C)N(C/C(N)=N/O)C(=O)CCCCc2ccccc2)cc1. The zero-order chi connectivity index (χ0) is 26.5. The Kier molecular flexibility index (Phi) is 11.4. The van der Waals surface area contributed by atoms with E-state index in [1.807, 2.05) is 44.2 Å². The summed E-state index contributed by atoms with van der Waals surface area (Å²) in [4.78, 5) is 39.6. The van der Waals surface area contributed by atoms with Crippen LogP contribution in [0.2, 0.25) is 0 Å². The Labute approximate surface area is 212 Å². The minimum absolute atomic E-state index is 0.100. The molecule has 9 nitrogen and oxygen atoms in total. The number of hydrogen-bond acceptors (Lipinski definition) is 6. The largest absolute Gasteiger partial charge is 0.465 e. The minimum atomic E-state index is -0.827. The highest BCUT2D eigenvalue weighted by molar-refractivity contribution is 5.99. The van der Waals surface area contributed by atoms with Gasteiger partial charge in [-0.25, -0.2) is 4.79 Å². The number of nitrogens with zero attached hydrogens (tertiary/aromatic N) is 2. The lowest BCUT2D eigenvalue weighted by atomic mass is 10.00. The lowest BCUT2D eigenvalue weighted by Gasteiger charge is -2.32. The normalized spacial score (nSPS) is 12.2. The standard InChI is InChI=1S/C27H36N4O5/c1-19(2)17-23(26(33)29-22-15-13-21(14-16-22)27(34)36-3)31(18-24(28)30-35)25(32)12-8-7-11-20-9-5-4-6-10-20/h4-6,9-10,13-16,19,23,35H,7-8,11-12,17-18H2,1-3H3,(H2,28,30)(H,29,33). The highest BCUT2D eigenvalue weighted by atomic mass is 16.5. The second kappa shape index (κ2) is 14.5. The third kappa shape index (κ3) is 9.05. The number of oxime groups is 1. The van der Waals surface area contributed by atoms with Gasteiger partial charge in [-0.15, -0.1) is 0 Å². The Hall–Kier alpha value is -3.88. The van der Waals surface area contributed by atoms with Gasteiger partial charge < -0.3 is 25.9 Å². The van der Waals surface area contributed by atoms with Crippen molar-refractivity contribution < 1.29 is 24.3 Å². The van der Waals surface area contributed by atoms with Crippen molar-refractivity contribution in [3.05, 3.63) is 65.7 Å². The fourth-order valence-corrected chi connectivity index (χ4v) is 3.83. The molecule has 194 valence electrons. The maximum absolute atomic E-state index is 13.3. The molecule has 1 atom stereocenters. The number of carbonyl (C=O) groups is 3. The molecule has 2 amide bonds. The molecule has 0 aliphatic heterocycles. The Morgan fingerprint density at radius 1 is 1.06 bits per heavy atom. The van der Waals surface area contributed by atoms with Crippen molar-refractivity contribution in [2.75, 3.05) is 19.0 Å².